The minimum Gasteiger partial charge on any atom is -0.480 e. The van der Waals surface area contributed by atoms with E-state index < -0.39 is 36.0 Å². The number of benzene rings is 1. The standard InChI is InChI=1S/C13H17FN2O4/c1-7(9-4-3-5-10(14)6-9)15-13(20)16-11(8(2)17)12(18)19/h3-8,11,17H,1-2H3,(H,18,19)(H2,15,16,20). The van der Waals surface area contributed by atoms with Crippen molar-refractivity contribution in [3.05, 3.63) is 35.6 Å². The quantitative estimate of drug-likeness (QED) is 0.648. The van der Waals surface area contributed by atoms with Crippen molar-refractivity contribution in [1.29, 1.82) is 0 Å². The van der Waals surface area contributed by atoms with Crippen LogP contribution in [0.1, 0.15) is 25.5 Å². The highest BCUT2D eigenvalue weighted by atomic mass is 19.1. The summed E-state index contributed by atoms with van der Waals surface area (Å²) >= 11 is 0. The molecule has 6 nitrogen and oxygen atoms in total. The molecule has 0 radical (unpaired) electrons. The molecule has 20 heavy (non-hydrogen) atoms. The number of carbonyl (C=O) groups is 2. The van der Waals surface area contributed by atoms with E-state index >= 15 is 0 Å². The van der Waals surface area contributed by atoms with Crippen LogP contribution in [-0.4, -0.2) is 34.4 Å². The van der Waals surface area contributed by atoms with Gasteiger partial charge in [0, 0.05) is 0 Å². The van der Waals surface area contributed by atoms with Crippen molar-refractivity contribution in [2.24, 2.45) is 0 Å². The van der Waals surface area contributed by atoms with E-state index in [1.54, 1.807) is 13.0 Å². The van der Waals surface area contributed by atoms with E-state index in [1.165, 1.54) is 25.1 Å². The van der Waals surface area contributed by atoms with Crippen molar-refractivity contribution in [2.45, 2.75) is 32.0 Å². The Bertz CT molecular complexity index is 493. The van der Waals surface area contributed by atoms with E-state index in [1.807, 2.05) is 0 Å². The molecule has 1 rings (SSSR count). The van der Waals surface area contributed by atoms with Gasteiger partial charge in [-0.15, -0.1) is 0 Å². The molecule has 0 aliphatic rings. The van der Waals surface area contributed by atoms with E-state index in [-0.39, 0.29) is 0 Å². The number of aliphatic carboxylic acids is 1. The topological polar surface area (TPSA) is 98.7 Å². The minimum absolute atomic E-state index is 0.427. The molecule has 0 aromatic heterocycles. The van der Waals surface area contributed by atoms with Crippen LogP contribution in [0.25, 0.3) is 0 Å². The van der Waals surface area contributed by atoms with Gasteiger partial charge in [0.05, 0.1) is 12.1 Å². The van der Waals surface area contributed by atoms with Gasteiger partial charge >= 0.3 is 12.0 Å². The Hall–Kier alpha value is -2.15. The molecule has 3 unspecified atom stereocenters. The van der Waals surface area contributed by atoms with Gasteiger partial charge in [-0.3, -0.25) is 0 Å². The lowest BCUT2D eigenvalue weighted by molar-refractivity contribution is -0.141. The van der Waals surface area contributed by atoms with Crippen molar-refractivity contribution in [3.8, 4) is 0 Å². The maximum absolute atomic E-state index is 13.0. The molecule has 0 saturated heterocycles. The van der Waals surface area contributed by atoms with Crippen LogP contribution in [0.2, 0.25) is 0 Å². The number of urea groups is 1. The zero-order chi connectivity index (χ0) is 15.3. The van der Waals surface area contributed by atoms with Crippen LogP contribution in [0.3, 0.4) is 0 Å². The molecule has 110 valence electrons. The lowest BCUT2D eigenvalue weighted by Gasteiger charge is -2.20. The first-order chi connectivity index (χ1) is 9.31. The number of carboxylic acids is 1. The van der Waals surface area contributed by atoms with Gasteiger partial charge in [-0.25, -0.2) is 14.0 Å². The predicted molar refractivity (Wildman–Crippen MR) is 69.6 cm³/mol. The van der Waals surface area contributed by atoms with E-state index in [4.69, 9.17) is 5.11 Å². The Morgan fingerprint density at radius 3 is 2.40 bits per heavy atom. The number of aliphatic hydroxyl groups is 1. The summed E-state index contributed by atoms with van der Waals surface area (Å²) in [5.41, 5.74) is 0.545. The van der Waals surface area contributed by atoms with Crippen molar-refractivity contribution in [3.63, 3.8) is 0 Å². The third-order valence-corrected chi connectivity index (χ3v) is 2.73. The van der Waals surface area contributed by atoms with Crippen LogP contribution >= 0.6 is 0 Å². The molecule has 0 saturated carbocycles. The molecule has 1 aromatic rings. The van der Waals surface area contributed by atoms with Crippen molar-refractivity contribution >= 4 is 12.0 Å². The van der Waals surface area contributed by atoms with Gasteiger partial charge < -0.3 is 20.8 Å². The predicted octanol–water partition coefficient (Wildman–Crippen LogP) is 1.02. The zero-order valence-corrected chi connectivity index (χ0v) is 11.1. The second kappa shape index (κ2) is 6.85. The maximum Gasteiger partial charge on any atom is 0.328 e. The lowest BCUT2D eigenvalue weighted by Crippen LogP contribution is -2.51. The molecule has 1 aromatic carbocycles. The van der Waals surface area contributed by atoms with Crippen molar-refractivity contribution < 1.29 is 24.2 Å². The fourth-order valence-electron chi connectivity index (χ4n) is 1.63. The Morgan fingerprint density at radius 2 is 1.90 bits per heavy atom. The first-order valence-corrected chi connectivity index (χ1v) is 6.04. The molecule has 0 spiro atoms. The molecule has 7 heteroatoms. The van der Waals surface area contributed by atoms with E-state index in [9.17, 15) is 19.1 Å². The first-order valence-electron chi connectivity index (χ1n) is 6.04. The van der Waals surface area contributed by atoms with E-state index in [0.29, 0.717) is 5.56 Å². The van der Waals surface area contributed by atoms with Crippen LogP contribution in [0.5, 0.6) is 0 Å². The SMILES string of the molecule is CC(NC(=O)NC(C(=O)O)C(C)O)c1cccc(F)c1. The Morgan fingerprint density at radius 1 is 1.25 bits per heavy atom. The highest BCUT2D eigenvalue weighted by Crippen LogP contribution is 2.13. The van der Waals surface area contributed by atoms with E-state index in [2.05, 4.69) is 10.6 Å². The summed E-state index contributed by atoms with van der Waals surface area (Å²) in [4.78, 5) is 22.5. The number of carbonyl (C=O) groups excluding carboxylic acids is 1. The second-order valence-electron chi connectivity index (χ2n) is 4.45. The van der Waals surface area contributed by atoms with Gasteiger partial charge in [0.2, 0.25) is 0 Å². The van der Waals surface area contributed by atoms with Crippen molar-refractivity contribution in [2.75, 3.05) is 0 Å². The lowest BCUT2D eigenvalue weighted by atomic mass is 10.1. The number of hydrogen-bond acceptors (Lipinski definition) is 3. The van der Waals surface area contributed by atoms with Crippen LogP contribution < -0.4 is 10.6 Å². The average Bonchev–Trinajstić information content (AvgIpc) is 2.35. The molecule has 4 N–H and O–H groups in total. The summed E-state index contributed by atoms with van der Waals surface area (Å²) in [6.07, 6.45) is -1.23. The smallest absolute Gasteiger partial charge is 0.328 e. The molecular formula is C13H17FN2O4. The molecule has 0 aliphatic carbocycles. The third kappa shape index (κ3) is 4.51. The summed E-state index contributed by atoms with van der Waals surface area (Å²) in [6.45, 7) is 2.89. The average molecular weight is 284 g/mol. The largest absolute Gasteiger partial charge is 0.480 e. The normalized spacial score (nSPS) is 15.0. The van der Waals surface area contributed by atoms with Gasteiger partial charge in [0.1, 0.15) is 5.82 Å². The highest BCUT2D eigenvalue weighted by molar-refractivity contribution is 5.83. The van der Waals surface area contributed by atoms with Crippen LogP contribution in [0, 0.1) is 5.82 Å². The third-order valence-electron chi connectivity index (χ3n) is 2.73. The summed E-state index contributed by atoms with van der Waals surface area (Å²) in [6, 6.07) is 3.03. The zero-order valence-electron chi connectivity index (χ0n) is 11.1. The van der Waals surface area contributed by atoms with Gasteiger partial charge in [-0.1, -0.05) is 12.1 Å². The Balaban J connectivity index is 2.64. The molecule has 0 fully saturated rings. The van der Waals surface area contributed by atoms with Crippen LogP contribution in [-0.2, 0) is 4.79 Å². The Labute approximate surface area is 115 Å². The molecule has 0 heterocycles. The fourth-order valence-corrected chi connectivity index (χ4v) is 1.63. The highest BCUT2D eigenvalue weighted by Gasteiger charge is 2.25. The summed E-state index contributed by atoms with van der Waals surface area (Å²) < 4.78 is 13.0. The number of nitrogens with one attached hydrogen (secondary N) is 2. The number of carboxylic acid groups (broad SMARTS) is 1. The minimum atomic E-state index is -1.41. The summed E-state index contributed by atoms with van der Waals surface area (Å²) in [5, 5.41) is 22.7. The number of hydrogen-bond donors (Lipinski definition) is 4. The number of aliphatic hydroxyl groups excluding tert-OH is 1. The fraction of sp³-hybridized carbons (Fsp3) is 0.385. The van der Waals surface area contributed by atoms with Gasteiger partial charge in [-0.05, 0) is 31.5 Å². The Kier molecular flexibility index (Phi) is 5.45. The molecular weight excluding hydrogens is 267 g/mol. The summed E-state index contributed by atoms with van der Waals surface area (Å²) in [7, 11) is 0. The molecule has 3 atom stereocenters. The van der Waals surface area contributed by atoms with Gasteiger partial charge in [-0.2, -0.15) is 0 Å². The molecule has 2 amide bonds. The molecule has 0 bridgehead atoms. The van der Waals surface area contributed by atoms with Gasteiger partial charge in [0.15, 0.2) is 6.04 Å². The van der Waals surface area contributed by atoms with Gasteiger partial charge in [0.25, 0.3) is 0 Å². The van der Waals surface area contributed by atoms with E-state index in [0.717, 1.165) is 0 Å². The first kappa shape index (κ1) is 15.9. The monoisotopic (exact) mass is 284 g/mol. The number of halogens is 1. The number of rotatable bonds is 5. The maximum atomic E-state index is 13.0. The summed E-state index contributed by atoms with van der Waals surface area (Å²) in [5.74, 6) is -1.77. The van der Waals surface area contributed by atoms with Crippen molar-refractivity contribution in [1.82, 2.24) is 10.6 Å². The van der Waals surface area contributed by atoms with Crippen LogP contribution in [0.4, 0.5) is 9.18 Å². The molecule has 0 aliphatic heterocycles. The number of amides is 2. The second-order valence-corrected chi connectivity index (χ2v) is 4.45. The van der Waals surface area contributed by atoms with Crippen LogP contribution in [0.15, 0.2) is 24.3 Å².